The zero-order valence-corrected chi connectivity index (χ0v) is 43.7. The van der Waals surface area contributed by atoms with Crippen LogP contribution in [0.2, 0.25) is 30.1 Å². The van der Waals surface area contributed by atoms with Gasteiger partial charge >= 0.3 is 0 Å². The van der Waals surface area contributed by atoms with Gasteiger partial charge in [0.1, 0.15) is 126 Å². The lowest BCUT2D eigenvalue weighted by Crippen LogP contribution is -2.12. The van der Waals surface area contributed by atoms with Crippen molar-refractivity contribution in [1.82, 2.24) is 19.9 Å². The first-order chi connectivity index (χ1) is 26.1. The molecule has 0 saturated carbocycles. The molecule has 5 heterocycles. The molecule has 4 aromatic heterocycles. The fourth-order valence-electron chi connectivity index (χ4n) is 6.53. The van der Waals surface area contributed by atoms with Crippen molar-refractivity contribution in [3.05, 3.63) is 189 Å². The van der Waals surface area contributed by atoms with E-state index in [1.807, 2.05) is 0 Å². The second kappa shape index (κ2) is 16.1. The third-order valence-corrected chi connectivity index (χ3v) is 19.3. The molecule has 0 unspecified atom stereocenters. The minimum atomic E-state index is 0.414. The maximum Gasteiger partial charge on any atom is 0.146 e. The van der Waals surface area contributed by atoms with Gasteiger partial charge in [-0.1, -0.05) is 0 Å². The Hall–Kier alpha value is -0.0300. The van der Waals surface area contributed by atoms with E-state index < -0.39 is 0 Å². The van der Waals surface area contributed by atoms with Gasteiger partial charge in [0, 0.05) is 95.6 Å². The quantitative estimate of drug-likeness (QED) is 0.127. The Labute approximate surface area is 411 Å². The minimum Gasteiger partial charge on any atom is -0.338 e. The predicted molar refractivity (Wildman–Crippen MR) is 255 cm³/mol. The van der Waals surface area contributed by atoms with Crippen LogP contribution in [0.5, 0.6) is 0 Å². The third kappa shape index (κ3) is 6.84. The van der Waals surface area contributed by atoms with Crippen molar-refractivity contribution in [3.63, 3.8) is 0 Å². The van der Waals surface area contributed by atoms with Crippen LogP contribution in [-0.4, -0.2) is 19.9 Å². The summed E-state index contributed by atoms with van der Waals surface area (Å²) in [6.45, 7) is 0. The summed E-state index contributed by atoms with van der Waals surface area (Å²) >= 11 is 73.5. The van der Waals surface area contributed by atoms with Gasteiger partial charge in [0.2, 0.25) is 0 Å². The molecule has 8 rings (SSSR count). The zero-order valence-electron chi connectivity index (χ0n) is 26.5. The van der Waals surface area contributed by atoms with Crippen LogP contribution in [0, 0.1) is 17.8 Å². The summed E-state index contributed by atoms with van der Waals surface area (Å²) in [5, 5.41) is 2.55. The van der Waals surface area contributed by atoms with Gasteiger partial charge in [-0.05, 0) is 156 Å². The van der Waals surface area contributed by atoms with Crippen LogP contribution in [0.1, 0.15) is 50.9 Å². The number of hydrogen-bond donors (Lipinski definition) is 4. The number of benzene rings is 3. The van der Waals surface area contributed by atoms with Crippen molar-refractivity contribution >= 4 is 197 Å². The number of H-pyrrole nitrogens is 4. The summed E-state index contributed by atoms with van der Waals surface area (Å²) < 4.78 is 5.51. The highest BCUT2D eigenvalue weighted by Gasteiger charge is 2.47. The Kier molecular flexibility index (Phi) is 12.2. The molecule has 0 saturated heterocycles. The average Bonchev–Trinajstić information content (AvgIpc) is 3.80. The molecule has 0 aliphatic carbocycles. The van der Waals surface area contributed by atoms with Gasteiger partial charge < -0.3 is 19.9 Å². The molecule has 0 radical (unpaired) electrons. The highest BCUT2D eigenvalue weighted by atomic mass is 79.9. The third-order valence-electron chi connectivity index (χ3n) is 8.92. The van der Waals surface area contributed by atoms with Crippen LogP contribution in [0.15, 0.2) is 90.4 Å². The number of aromatic nitrogens is 4. The standard InChI is InChI=1S/C37H13Br8Cl6N4/c38-22-24(40)32-20(17-12(48)6-2-7-13(17)49)34-26(42)28(44)36(54-34)37-29(45)27(43)35(55-37)21(18-14(50)8-3-9-15(18)51)33-25(41)23(39)31(53-33)19(30(22)52-32)16-10(46)4-1-5-11(16)47/h1-9,52-55H/q+3. The first-order valence-electron chi connectivity index (χ1n) is 15.4. The molecule has 4 N–H and O–H groups in total. The molecule has 7 aromatic rings. The van der Waals surface area contributed by atoms with E-state index in [4.69, 9.17) is 69.6 Å². The fourth-order valence-corrected chi connectivity index (χ4v) is 12.3. The fraction of sp³-hybridized carbons (Fsp3) is 0. The highest BCUT2D eigenvalue weighted by Crippen LogP contribution is 2.55. The van der Waals surface area contributed by atoms with E-state index in [9.17, 15) is 0 Å². The van der Waals surface area contributed by atoms with Gasteiger partial charge in [0.15, 0.2) is 0 Å². The predicted octanol–water partition coefficient (Wildman–Crippen LogP) is 18.1. The normalized spacial score (nSPS) is 12.8. The molecule has 1 aliphatic rings. The van der Waals surface area contributed by atoms with Crippen LogP contribution >= 0.6 is 197 Å². The lowest BCUT2D eigenvalue weighted by Gasteiger charge is -2.15. The molecule has 276 valence electrons. The van der Waals surface area contributed by atoms with Crippen molar-refractivity contribution in [2.75, 3.05) is 0 Å². The van der Waals surface area contributed by atoms with E-state index in [-0.39, 0.29) is 0 Å². The van der Waals surface area contributed by atoms with Gasteiger partial charge in [-0.15, -0.1) is 0 Å². The van der Waals surface area contributed by atoms with Crippen LogP contribution in [-0.2, 0) is 0 Å². The summed E-state index contributed by atoms with van der Waals surface area (Å²) in [6, 6.07) is 16.2. The van der Waals surface area contributed by atoms with Crippen molar-refractivity contribution < 1.29 is 0 Å². The molecular formula is C37H13Br8Cl6N4+3. The van der Waals surface area contributed by atoms with E-state index in [0.29, 0.717) is 137 Å². The Morgan fingerprint density at radius 3 is 0.745 bits per heavy atom. The first kappa shape index (κ1) is 41.7. The molecule has 8 bridgehead atoms. The monoisotopic (exact) mass is 1350 g/mol. The van der Waals surface area contributed by atoms with Crippen LogP contribution in [0.3, 0.4) is 0 Å². The smallest absolute Gasteiger partial charge is 0.146 e. The maximum atomic E-state index is 7.07. The van der Waals surface area contributed by atoms with Crippen LogP contribution < -0.4 is 0 Å². The highest BCUT2D eigenvalue weighted by molar-refractivity contribution is 9.14. The molecule has 3 aromatic carbocycles. The van der Waals surface area contributed by atoms with E-state index in [1.54, 1.807) is 54.6 Å². The molecule has 55 heavy (non-hydrogen) atoms. The summed E-state index contributed by atoms with van der Waals surface area (Å²) in [6.07, 6.45) is 0. The number of hydrogen-bond acceptors (Lipinski definition) is 0. The van der Waals surface area contributed by atoms with Gasteiger partial charge in [0.05, 0.1) is 20.3 Å². The Morgan fingerprint density at radius 1 is 0.309 bits per heavy atom. The lowest BCUT2D eigenvalue weighted by atomic mass is 9.92. The van der Waals surface area contributed by atoms with Crippen molar-refractivity contribution in [2.45, 2.75) is 0 Å². The number of halogens is 14. The topological polar surface area (TPSA) is 63.2 Å². The minimum absolute atomic E-state index is 0.414. The van der Waals surface area contributed by atoms with Gasteiger partial charge in [-0.25, -0.2) is 0 Å². The number of aromatic amines is 4. The second-order valence-electron chi connectivity index (χ2n) is 11.9. The summed E-state index contributed by atoms with van der Waals surface area (Å²) in [7, 11) is 0. The first-order valence-corrected chi connectivity index (χ1v) is 24.0. The molecule has 0 spiro atoms. The van der Waals surface area contributed by atoms with Gasteiger partial charge in [-0.3, -0.25) is 0 Å². The summed E-state index contributed by atoms with van der Waals surface area (Å²) in [5.74, 6) is 1.92. The van der Waals surface area contributed by atoms with Crippen molar-refractivity contribution in [2.24, 2.45) is 0 Å². The molecular weight excluding hydrogens is 1350 g/mol. The van der Waals surface area contributed by atoms with Gasteiger partial charge in [-0.2, -0.15) is 0 Å². The van der Waals surface area contributed by atoms with Gasteiger partial charge in [0.25, 0.3) is 0 Å². The Morgan fingerprint density at radius 2 is 0.509 bits per heavy atom. The average molecular weight is 1370 g/mol. The molecule has 4 nitrogen and oxygen atoms in total. The van der Waals surface area contributed by atoms with Crippen LogP contribution in [0.25, 0.3) is 11.4 Å². The van der Waals surface area contributed by atoms with E-state index in [1.165, 1.54) is 0 Å². The SMILES string of the molecule is Clc1cccc(Cl)c1[C+]1c2[nH]c(c(Br)c2Br)-c2[nH]c(c(Br)c2Br)[C+](c2c(Cl)cccc2Cl)c2[nH]c(c(Br)c2Br)[C+](c2c(Cl)cccc2Cl)c2[nH]c1c(Br)c2Br. The molecule has 0 fully saturated rings. The Bertz CT molecular complexity index is 2500. The maximum absolute atomic E-state index is 7.07. The lowest BCUT2D eigenvalue weighted by molar-refractivity contribution is 1.03. The van der Waals surface area contributed by atoms with Crippen molar-refractivity contribution in [1.29, 1.82) is 0 Å². The zero-order chi connectivity index (χ0) is 39.4. The number of rotatable bonds is 3. The van der Waals surface area contributed by atoms with Crippen molar-refractivity contribution in [3.8, 4) is 11.4 Å². The largest absolute Gasteiger partial charge is 0.338 e. The van der Waals surface area contributed by atoms with Crippen LogP contribution in [0.4, 0.5) is 0 Å². The van der Waals surface area contributed by atoms with E-state index in [2.05, 4.69) is 147 Å². The Balaban J connectivity index is 1.58. The molecule has 1 aliphatic heterocycles. The summed E-state index contributed by atoms with van der Waals surface area (Å²) in [5.41, 5.74) is 6.96. The van der Waals surface area contributed by atoms with E-state index >= 15 is 0 Å². The molecule has 0 atom stereocenters. The second-order valence-corrected chi connectivity index (χ2v) is 20.7. The number of nitrogens with one attached hydrogen (secondary N) is 4. The summed E-state index contributed by atoms with van der Waals surface area (Å²) in [4.78, 5) is 14.8. The molecule has 0 amide bonds. The van der Waals surface area contributed by atoms with E-state index in [0.717, 1.165) is 8.95 Å². The number of fused-ring (bicyclic) bond motifs is 9. The molecule has 18 heteroatoms.